The molecule has 2 aromatic rings. The Hall–Kier alpha value is -2.09. The van der Waals surface area contributed by atoms with Gasteiger partial charge in [-0.2, -0.15) is 4.31 Å². The summed E-state index contributed by atoms with van der Waals surface area (Å²) in [5, 5.41) is 0.188. The van der Waals surface area contributed by atoms with Crippen molar-refractivity contribution in [1.29, 1.82) is 0 Å². The number of sulfonamides is 1. The first-order valence-corrected chi connectivity index (χ1v) is 9.71. The van der Waals surface area contributed by atoms with Crippen LogP contribution in [0.4, 0.5) is 5.69 Å². The zero-order chi connectivity index (χ0) is 17.9. The third-order valence-electron chi connectivity index (χ3n) is 3.98. The highest BCUT2D eigenvalue weighted by Gasteiger charge is 2.28. The Morgan fingerprint density at radius 3 is 2.40 bits per heavy atom. The summed E-state index contributed by atoms with van der Waals surface area (Å²) in [6, 6.07) is 13.3. The van der Waals surface area contributed by atoms with Crippen LogP contribution in [0.25, 0.3) is 0 Å². The molecule has 1 amide bonds. The summed E-state index contributed by atoms with van der Waals surface area (Å²) >= 11 is 6.09. The molecule has 1 fully saturated rings. The molecule has 6 nitrogen and oxygen atoms in total. The van der Waals surface area contributed by atoms with E-state index in [4.69, 9.17) is 11.6 Å². The standard InChI is InChI=1S/C17H18ClN3O3S/c18-16-9-8-14(25(23,24)21-10-4-5-11-21)12-15(16)17(22)20-19-13-6-2-1-3-7-13/h1-3,6-9,12,19H,4-5,10-11H2,(H,20,22). The van der Waals surface area contributed by atoms with E-state index in [2.05, 4.69) is 10.9 Å². The molecule has 1 aliphatic heterocycles. The molecule has 25 heavy (non-hydrogen) atoms. The number of hydrogen-bond acceptors (Lipinski definition) is 4. The predicted octanol–water partition coefficient (Wildman–Crippen LogP) is 2.88. The van der Waals surface area contributed by atoms with Gasteiger partial charge in [0.25, 0.3) is 5.91 Å². The molecule has 2 aromatic carbocycles. The summed E-state index contributed by atoms with van der Waals surface area (Å²) in [5.74, 6) is -0.507. The normalized spacial score (nSPS) is 15.1. The number of anilines is 1. The summed E-state index contributed by atoms with van der Waals surface area (Å²) in [5.41, 5.74) is 6.09. The maximum atomic E-state index is 12.6. The summed E-state index contributed by atoms with van der Waals surface area (Å²) in [6.45, 7) is 1.00. The SMILES string of the molecule is O=C(NNc1ccccc1)c1cc(S(=O)(=O)N2CCCC2)ccc1Cl. The fourth-order valence-corrected chi connectivity index (χ4v) is 4.38. The predicted molar refractivity (Wildman–Crippen MR) is 97.0 cm³/mol. The van der Waals surface area contributed by atoms with Crippen molar-refractivity contribution in [2.75, 3.05) is 18.5 Å². The van der Waals surface area contributed by atoms with Crippen LogP contribution in [0.15, 0.2) is 53.4 Å². The lowest BCUT2D eigenvalue weighted by Gasteiger charge is -2.16. The number of halogens is 1. The minimum absolute atomic E-state index is 0.0728. The largest absolute Gasteiger partial charge is 0.298 e. The quantitative estimate of drug-likeness (QED) is 0.783. The first kappa shape index (κ1) is 17.7. The lowest BCUT2D eigenvalue weighted by molar-refractivity contribution is 0.0962. The Bertz CT molecular complexity index is 866. The van der Waals surface area contributed by atoms with E-state index in [0.29, 0.717) is 18.8 Å². The van der Waals surface area contributed by atoms with Crippen LogP contribution in [0, 0.1) is 0 Å². The third kappa shape index (κ3) is 3.95. The number of hydrazine groups is 1. The molecular formula is C17H18ClN3O3S. The monoisotopic (exact) mass is 379 g/mol. The lowest BCUT2D eigenvalue weighted by atomic mass is 10.2. The number of benzene rings is 2. The van der Waals surface area contributed by atoms with Gasteiger partial charge in [-0.25, -0.2) is 8.42 Å². The van der Waals surface area contributed by atoms with Crippen LogP contribution < -0.4 is 10.9 Å². The first-order chi connectivity index (χ1) is 12.0. The van der Waals surface area contributed by atoms with Gasteiger partial charge in [0.15, 0.2) is 0 Å². The minimum Gasteiger partial charge on any atom is -0.298 e. The Balaban J connectivity index is 1.80. The molecule has 0 aliphatic carbocycles. The van der Waals surface area contributed by atoms with Gasteiger partial charge in [0.05, 0.1) is 21.2 Å². The number of carbonyl (C=O) groups excluding carboxylic acids is 1. The van der Waals surface area contributed by atoms with Gasteiger partial charge >= 0.3 is 0 Å². The Morgan fingerprint density at radius 1 is 1.04 bits per heavy atom. The first-order valence-electron chi connectivity index (χ1n) is 7.89. The molecule has 0 aromatic heterocycles. The molecule has 0 unspecified atom stereocenters. The number of carbonyl (C=O) groups is 1. The van der Waals surface area contributed by atoms with Gasteiger partial charge < -0.3 is 0 Å². The second-order valence-electron chi connectivity index (χ2n) is 5.70. The fraction of sp³-hybridized carbons (Fsp3) is 0.235. The van der Waals surface area contributed by atoms with E-state index < -0.39 is 15.9 Å². The highest BCUT2D eigenvalue weighted by Crippen LogP contribution is 2.25. The summed E-state index contributed by atoms with van der Waals surface area (Å²) in [4.78, 5) is 12.4. The number of amides is 1. The van der Waals surface area contributed by atoms with E-state index in [0.717, 1.165) is 12.8 Å². The average Bonchev–Trinajstić information content (AvgIpc) is 3.16. The molecule has 0 radical (unpaired) electrons. The van der Waals surface area contributed by atoms with Crippen LogP contribution in [-0.2, 0) is 10.0 Å². The molecule has 0 spiro atoms. The molecule has 3 rings (SSSR count). The molecule has 0 bridgehead atoms. The van der Waals surface area contributed by atoms with Crippen molar-refractivity contribution in [2.45, 2.75) is 17.7 Å². The van der Waals surface area contributed by atoms with Gasteiger partial charge in [-0.3, -0.25) is 15.6 Å². The lowest BCUT2D eigenvalue weighted by Crippen LogP contribution is -2.31. The molecule has 2 N–H and O–H groups in total. The van der Waals surface area contributed by atoms with Crippen LogP contribution in [0.5, 0.6) is 0 Å². The van der Waals surface area contributed by atoms with Gasteiger partial charge in [0, 0.05) is 13.1 Å². The molecule has 0 saturated carbocycles. The zero-order valence-electron chi connectivity index (χ0n) is 13.4. The highest BCUT2D eigenvalue weighted by molar-refractivity contribution is 7.89. The van der Waals surface area contributed by atoms with Crippen LogP contribution in [0.1, 0.15) is 23.2 Å². The van der Waals surface area contributed by atoms with E-state index in [1.807, 2.05) is 18.2 Å². The van der Waals surface area contributed by atoms with E-state index in [-0.39, 0.29) is 15.5 Å². The Morgan fingerprint density at radius 2 is 1.72 bits per heavy atom. The van der Waals surface area contributed by atoms with Crippen LogP contribution in [-0.4, -0.2) is 31.7 Å². The highest BCUT2D eigenvalue weighted by atomic mass is 35.5. The number of nitrogens with one attached hydrogen (secondary N) is 2. The minimum atomic E-state index is -3.60. The summed E-state index contributed by atoms with van der Waals surface area (Å²) < 4.78 is 26.7. The molecule has 0 atom stereocenters. The zero-order valence-corrected chi connectivity index (χ0v) is 15.0. The fourth-order valence-electron chi connectivity index (χ4n) is 2.63. The van der Waals surface area contributed by atoms with Crippen molar-refractivity contribution in [1.82, 2.24) is 9.73 Å². The van der Waals surface area contributed by atoms with E-state index >= 15 is 0 Å². The molecule has 1 heterocycles. The topological polar surface area (TPSA) is 78.5 Å². The van der Waals surface area contributed by atoms with Crippen molar-refractivity contribution in [3.8, 4) is 0 Å². The second kappa shape index (κ2) is 7.43. The third-order valence-corrected chi connectivity index (χ3v) is 6.20. The Labute approximate surface area is 151 Å². The second-order valence-corrected chi connectivity index (χ2v) is 8.04. The van der Waals surface area contributed by atoms with Crippen molar-refractivity contribution >= 4 is 33.2 Å². The average molecular weight is 380 g/mol. The van der Waals surface area contributed by atoms with Gasteiger partial charge in [-0.05, 0) is 43.2 Å². The molecule has 132 valence electrons. The van der Waals surface area contributed by atoms with Crippen molar-refractivity contribution in [3.05, 3.63) is 59.1 Å². The molecule has 1 saturated heterocycles. The number of rotatable bonds is 5. The molecule has 1 aliphatic rings. The smallest absolute Gasteiger partial charge is 0.271 e. The molecular weight excluding hydrogens is 362 g/mol. The van der Waals surface area contributed by atoms with Crippen molar-refractivity contribution in [2.24, 2.45) is 0 Å². The number of para-hydroxylation sites is 1. The molecule has 8 heteroatoms. The van der Waals surface area contributed by atoms with Crippen molar-refractivity contribution in [3.63, 3.8) is 0 Å². The maximum Gasteiger partial charge on any atom is 0.271 e. The van der Waals surface area contributed by atoms with Gasteiger partial charge in [0.1, 0.15) is 0 Å². The van der Waals surface area contributed by atoms with Crippen molar-refractivity contribution < 1.29 is 13.2 Å². The van der Waals surface area contributed by atoms with Gasteiger partial charge in [-0.1, -0.05) is 29.8 Å². The summed E-state index contributed by atoms with van der Waals surface area (Å²) in [7, 11) is -3.60. The van der Waals surface area contributed by atoms with Gasteiger partial charge in [0.2, 0.25) is 10.0 Å². The number of nitrogens with zero attached hydrogens (tertiary/aromatic N) is 1. The summed E-state index contributed by atoms with van der Waals surface area (Å²) in [6.07, 6.45) is 1.70. The van der Waals surface area contributed by atoms with Crippen LogP contribution in [0.2, 0.25) is 5.02 Å². The van der Waals surface area contributed by atoms with E-state index in [1.54, 1.807) is 12.1 Å². The van der Waals surface area contributed by atoms with Crippen LogP contribution in [0.3, 0.4) is 0 Å². The maximum absolute atomic E-state index is 12.6. The Kier molecular flexibility index (Phi) is 5.27. The van der Waals surface area contributed by atoms with Gasteiger partial charge in [-0.15, -0.1) is 0 Å². The van der Waals surface area contributed by atoms with E-state index in [9.17, 15) is 13.2 Å². The number of hydrogen-bond donors (Lipinski definition) is 2. The van der Waals surface area contributed by atoms with Crippen LogP contribution >= 0.6 is 11.6 Å². The van der Waals surface area contributed by atoms with E-state index in [1.165, 1.54) is 22.5 Å².